The predicted octanol–water partition coefficient (Wildman–Crippen LogP) is 1.27. The van der Waals surface area contributed by atoms with Gasteiger partial charge in [0, 0.05) is 22.9 Å². The Bertz CT molecular complexity index is 1130. The Labute approximate surface area is 233 Å². The van der Waals surface area contributed by atoms with E-state index in [2.05, 4.69) is 21.3 Å². The van der Waals surface area contributed by atoms with Gasteiger partial charge < -0.3 is 26.0 Å². The van der Waals surface area contributed by atoms with Crippen molar-refractivity contribution in [1.82, 2.24) is 21.3 Å². The maximum absolute atomic E-state index is 13.5. The van der Waals surface area contributed by atoms with Crippen molar-refractivity contribution in [2.75, 3.05) is 18.1 Å². The molecule has 0 unspecified atom stereocenters. The van der Waals surface area contributed by atoms with Gasteiger partial charge in [-0.2, -0.15) is 0 Å². The van der Waals surface area contributed by atoms with Gasteiger partial charge in [-0.15, -0.1) is 0 Å². The van der Waals surface area contributed by atoms with Gasteiger partial charge in [0.25, 0.3) is 0 Å². The zero-order valence-corrected chi connectivity index (χ0v) is 22.9. The van der Waals surface area contributed by atoms with E-state index < -0.39 is 59.9 Å². The van der Waals surface area contributed by atoms with Crippen LogP contribution >= 0.6 is 33.2 Å². The normalized spacial score (nSPS) is 26.9. The summed E-state index contributed by atoms with van der Waals surface area (Å²) >= 11 is 6.12. The minimum atomic E-state index is -1.13. The highest BCUT2D eigenvalue weighted by molar-refractivity contribution is 8.76. The number of rotatable bonds is 2. The molecule has 1 spiro atoms. The van der Waals surface area contributed by atoms with Crippen LogP contribution in [0.15, 0.2) is 36.4 Å². The van der Waals surface area contributed by atoms with Crippen LogP contribution in [-0.2, 0) is 35.1 Å². The van der Waals surface area contributed by atoms with Crippen LogP contribution in [0.2, 0.25) is 5.02 Å². The number of ether oxygens (including phenoxy) is 1. The fraction of sp³-hybridized carbons (Fsp3) is 0.480. The summed E-state index contributed by atoms with van der Waals surface area (Å²) in [5, 5.41) is 11.3. The Morgan fingerprint density at radius 3 is 2.63 bits per heavy atom. The maximum Gasteiger partial charge on any atom is 0.326 e. The smallest absolute Gasteiger partial charge is 0.326 e. The number of hydrogen-bond acceptors (Lipinski definition) is 8. The van der Waals surface area contributed by atoms with Crippen molar-refractivity contribution in [3.63, 3.8) is 0 Å². The van der Waals surface area contributed by atoms with Crippen LogP contribution in [0.1, 0.15) is 31.2 Å². The summed E-state index contributed by atoms with van der Waals surface area (Å²) in [5.41, 5.74) is -0.413. The topological polar surface area (TPSA) is 143 Å². The number of esters is 1. The highest BCUT2D eigenvalue weighted by Gasteiger charge is 2.52. The van der Waals surface area contributed by atoms with Crippen molar-refractivity contribution >= 4 is 62.8 Å². The molecule has 1 saturated carbocycles. The van der Waals surface area contributed by atoms with Crippen LogP contribution < -0.4 is 21.3 Å². The lowest BCUT2D eigenvalue weighted by molar-refractivity contribution is -0.148. The molecule has 2 fully saturated rings. The van der Waals surface area contributed by atoms with E-state index in [1.165, 1.54) is 21.6 Å². The van der Waals surface area contributed by atoms with Crippen LogP contribution in [0.3, 0.4) is 0 Å². The molecule has 38 heavy (non-hydrogen) atoms. The van der Waals surface area contributed by atoms with Crippen LogP contribution in [-0.4, -0.2) is 71.4 Å². The first-order chi connectivity index (χ1) is 18.2. The minimum Gasteiger partial charge on any atom is -0.456 e. The van der Waals surface area contributed by atoms with Crippen LogP contribution in [0.25, 0.3) is 0 Å². The van der Waals surface area contributed by atoms with Gasteiger partial charge in [-0.05, 0) is 43.0 Å². The van der Waals surface area contributed by atoms with E-state index in [0.29, 0.717) is 35.6 Å². The number of carbonyl (C=O) groups excluding carboxylic acids is 5. The fourth-order valence-electron chi connectivity index (χ4n) is 4.08. The lowest BCUT2D eigenvalue weighted by Gasteiger charge is -2.26. The van der Waals surface area contributed by atoms with Crippen molar-refractivity contribution in [3.8, 4) is 0 Å². The molecule has 0 radical (unpaired) electrons. The molecule has 1 aromatic rings. The molecule has 13 heteroatoms. The summed E-state index contributed by atoms with van der Waals surface area (Å²) in [5.74, 6) is -1.81. The molecule has 2 aliphatic heterocycles. The van der Waals surface area contributed by atoms with E-state index >= 15 is 0 Å². The molecule has 1 aliphatic carbocycles. The van der Waals surface area contributed by atoms with Crippen molar-refractivity contribution in [2.24, 2.45) is 0 Å². The van der Waals surface area contributed by atoms with Gasteiger partial charge in [-0.25, -0.2) is 0 Å². The minimum absolute atomic E-state index is 0.126. The summed E-state index contributed by atoms with van der Waals surface area (Å²) in [6.45, 7) is -0.397. The highest BCUT2D eigenvalue weighted by atomic mass is 35.5. The Balaban J connectivity index is 1.66. The fourth-order valence-corrected chi connectivity index (χ4v) is 6.45. The first-order valence-electron chi connectivity index (χ1n) is 12.3. The lowest BCUT2D eigenvalue weighted by Crippen LogP contribution is -2.59. The van der Waals surface area contributed by atoms with Gasteiger partial charge in [-0.3, -0.25) is 24.0 Å². The third-order valence-electron chi connectivity index (χ3n) is 6.26. The molecule has 4 N–H and O–H groups in total. The Kier molecular flexibility index (Phi) is 9.61. The second kappa shape index (κ2) is 12.9. The SMILES string of the molecule is O=C1C[C@H]2C=CCCSSC[C@@H](NC(=O)[C@@H](Cc3cccc(Cl)c3)N1)C(=O)NC1(CC1)C(=O)NCC(=O)O2. The molecule has 10 nitrogen and oxygen atoms in total. The number of benzene rings is 1. The lowest BCUT2D eigenvalue weighted by atomic mass is 10.0. The summed E-state index contributed by atoms with van der Waals surface area (Å²) in [4.78, 5) is 65.0. The van der Waals surface area contributed by atoms with Crippen molar-refractivity contribution in [3.05, 3.63) is 47.0 Å². The van der Waals surface area contributed by atoms with Gasteiger partial charge in [0.1, 0.15) is 30.3 Å². The maximum atomic E-state index is 13.5. The third kappa shape index (κ3) is 7.90. The van der Waals surface area contributed by atoms with Crippen LogP contribution in [0.4, 0.5) is 0 Å². The number of halogens is 1. The highest BCUT2D eigenvalue weighted by Crippen LogP contribution is 2.36. The van der Waals surface area contributed by atoms with E-state index in [1.54, 1.807) is 30.3 Å². The van der Waals surface area contributed by atoms with Crippen LogP contribution in [0, 0.1) is 0 Å². The van der Waals surface area contributed by atoms with Gasteiger partial charge in [-0.1, -0.05) is 51.4 Å². The van der Waals surface area contributed by atoms with Crippen molar-refractivity contribution in [2.45, 2.75) is 55.8 Å². The zero-order valence-electron chi connectivity index (χ0n) is 20.5. The zero-order chi connectivity index (χ0) is 27.1. The molecule has 2 bridgehead atoms. The molecule has 4 amide bonds. The number of nitrogens with one attached hydrogen (secondary N) is 4. The standard InChI is InChI=1S/C25H29ClN4O6S2/c26-16-5-3-4-15(10-16)11-18-22(33)29-19-14-38-37-9-2-1-6-17(12-20(31)28-18)36-21(32)13-27-24(35)25(7-8-25)30-23(19)34/h1,3-6,10,17-19H,2,7-9,11-14H2,(H,27,35)(H,28,31)(H,29,33)(H,30,34)/t17-,18-,19-/m1/s1. The molecule has 3 atom stereocenters. The largest absolute Gasteiger partial charge is 0.456 e. The summed E-state index contributed by atoms with van der Waals surface area (Å²) in [6, 6.07) is 4.95. The average Bonchev–Trinajstić information content (AvgIpc) is 3.64. The number of allylic oxidation sites excluding steroid dienone is 1. The second-order valence-electron chi connectivity index (χ2n) is 9.33. The molecular formula is C25H29ClN4O6S2. The number of hydrogen-bond donors (Lipinski definition) is 4. The summed E-state index contributed by atoms with van der Waals surface area (Å²) < 4.78 is 5.47. The first-order valence-corrected chi connectivity index (χ1v) is 15.2. The van der Waals surface area contributed by atoms with Crippen molar-refractivity contribution < 1.29 is 28.7 Å². The molecule has 204 valence electrons. The molecule has 1 aromatic carbocycles. The average molecular weight is 581 g/mol. The summed E-state index contributed by atoms with van der Waals surface area (Å²) in [7, 11) is 2.96. The number of fused-ring (bicyclic) bond motifs is 7. The molecular weight excluding hydrogens is 552 g/mol. The molecule has 4 rings (SSSR count). The monoisotopic (exact) mass is 580 g/mol. The van der Waals surface area contributed by atoms with Gasteiger partial charge in [0.15, 0.2) is 0 Å². The Morgan fingerprint density at radius 2 is 1.87 bits per heavy atom. The molecule has 0 aromatic heterocycles. The molecule has 1 saturated heterocycles. The number of amides is 4. The quantitative estimate of drug-likeness (QED) is 0.233. The molecule has 2 heterocycles. The predicted molar refractivity (Wildman–Crippen MR) is 145 cm³/mol. The Morgan fingerprint density at radius 1 is 1.05 bits per heavy atom. The van der Waals surface area contributed by atoms with E-state index in [1.807, 2.05) is 6.08 Å². The van der Waals surface area contributed by atoms with Gasteiger partial charge >= 0.3 is 5.97 Å². The van der Waals surface area contributed by atoms with Crippen molar-refractivity contribution in [1.29, 1.82) is 0 Å². The Hall–Kier alpha value is -2.70. The van der Waals surface area contributed by atoms with E-state index in [9.17, 15) is 24.0 Å². The number of carbonyl (C=O) groups is 5. The third-order valence-corrected chi connectivity index (χ3v) is 8.94. The van der Waals surface area contributed by atoms with Crippen LogP contribution in [0.5, 0.6) is 0 Å². The van der Waals surface area contributed by atoms with E-state index in [0.717, 1.165) is 0 Å². The summed E-state index contributed by atoms with van der Waals surface area (Å²) in [6.07, 6.45) is 3.98. The van der Waals surface area contributed by atoms with Gasteiger partial charge in [0.05, 0.1) is 6.42 Å². The second-order valence-corrected chi connectivity index (χ2v) is 12.4. The van der Waals surface area contributed by atoms with E-state index in [-0.39, 0.29) is 18.6 Å². The van der Waals surface area contributed by atoms with E-state index in [4.69, 9.17) is 16.3 Å². The first kappa shape index (κ1) is 28.3. The van der Waals surface area contributed by atoms with Gasteiger partial charge in [0.2, 0.25) is 23.6 Å². The molecule has 3 aliphatic rings.